The molecule has 0 fully saturated rings. The minimum Gasteiger partial charge on any atom is -0.385 e. The number of carbonyl (C=O) groups excluding carboxylic acids is 1. The largest absolute Gasteiger partial charge is 0.385 e. The Hall–Kier alpha value is -1.63. The average Bonchev–Trinajstić information content (AvgIpc) is 2.96. The number of nitrogens with one attached hydrogen (secondary N) is 2. The van der Waals surface area contributed by atoms with Crippen LogP contribution < -0.4 is 10.6 Å². The standard InChI is InChI=1S/C15H18ClN3O2S/c1-10-5-3-6-11(16)13(10)19-14(20)12-9-18-15(22-12)17-7-4-8-21-2/h3,5-6,9H,4,7-8H2,1-2H3,(H,17,18)(H,19,20). The van der Waals surface area contributed by atoms with E-state index in [0.717, 1.165) is 23.7 Å². The summed E-state index contributed by atoms with van der Waals surface area (Å²) in [5.41, 5.74) is 1.56. The molecule has 2 aromatic rings. The van der Waals surface area contributed by atoms with E-state index in [1.807, 2.05) is 19.1 Å². The number of benzene rings is 1. The molecule has 118 valence electrons. The van der Waals surface area contributed by atoms with Gasteiger partial charge in [0.25, 0.3) is 5.91 Å². The van der Waals surface area contributed by atoms with Crippen molar-refractivity contribution in [3.05, 3.63) is 39.9 Å². The predicted molar refractivity (Wildman–Crippen MR) is 91.2 cm³/mol. The molecule has 7 heteroatoms. The normalized spacial score (nSPS) is 10.5. The number of nitrogens with zero attached hydrogens (tertiary/aromatic N) is 1. The Labute approximate surface area is 138 Å². The molecule has 1 aromatic heterocycles. The van der Waals surface area contributed by atoms with Crippen molar-refractivity contribution in [1.29, 1.82) is 0 Å². The molecule has 2 rings (SSSR count). The molecule has 1 amide bonds. The zero-order valence-corrected chi connectivity index (χ0v) is 14.1. The molecule has 1 aromatic carbocycles. The Kier molecular flexibility index (Phi) is 6.18. The lowest BCUT2D eigenvalue weighted by atomic mass is 10.2. The molecule has 0 atom stereocenters. The lowest BCUT2D eigenvalue weighted by Crippen LogP contribution is -2.11. The van der Waals surface area contributed by atoms with Crippen LogP contribution in [0.2, 0.25) is 5.02 Å². The molecule has 0 saturated carbocycles. The number of thiazole rings is 1. The Morgan fingerprint density at radius 2 is 2.27 bits per heavy atom. The van der Waals surface area contributed by atoms with Crippen LogP contribution in [0.15, 0.2) is 24.4 Å². The lowest BCUT2D eigenvalue weighted by molar-refractivity contribution is 0.103. The van der Waals surface area contributed by atoms with Gasteiger partial charge >= 0.3 is 0 Å². The first-order valence-electron chi connectivity index (χ1n) is 6.87. The highest BCUT2D eigenvalue weighted by Crippen LogP contribution is 2.27. The second kappa shape index (κ2) is 8.12. The van der Waals surface area contributed by atoms with E-state index < -0.39 is 0 Å². The van der Waals surface area contributed by atoms with Crippen molar-refractivity contribution in [1.82, 2.24) is 4.98 Å². The number of halogens is 1. The fraction of sp³-hybridized carbons (Fsp3) is 0.333. The Morgan fingerprint density at radius 3 is 3.00 bits per heavy atom. The number of ether oxygens (including phenoxy) is 1. The topological polar surface area (TPSA) is 63.2 Å². The second-order valence-corrected chi connectivity index (χ2v) is 6.13. The fourth-order valence-corrected chi connectivity index (χ4v) is 2.84. The summed E-state index contributed by atoms with van der Waals surface area (Å²) in [4.78, 5) is 17.0. The van der Waals surface area contributed by atoms with Gasteiger partial charge in [0.05, 0.1) is 16.9 Å². The summed E-state index contributed by atoms with van der Waals surface area (Å²) in [5, 5.41) is 7.24. The van der Waals surface area contributed by atoms with Crippen LogP contribution in [0.3, 0.4) is 0 Å². The smallest absolute Gasteiger partial charge is 0.267 e. The van der Waals surface area contributed by atoms with Gasteiger partial charge in [-0.05, 0) is 25.0 Å². The third-order valence-corrected chi connectivity index (χ3v) is 4.26. The third-order valence-electron chi connectivity index (χ3n) is 2.99. The first-order valence-corrected chi connectivity index (χ1v) is 8.06. The first-order chi connectivity index (χ1) is 10.6. The lowest BCUT2D eigenvalue weighted by Gasteiger charge is -2.08. The van der Waals surface area contributed by atoms with Crippen LogP contribution in [-0.4, -0.2) is 31.2 Å². The van der Waals surface area contributed by atoms with Gasteiger partial charge in [-0.25, -0.2) is 4.98 Å². The van der Waals surface area contributed by atoms with Crippen molar-refractivity contribution >= 4 is 39.7 Å². The van der Waals surface area contributed by atoms with Crippen LogP contribution in [0.5, 0.6) is 0 Å². The molecule has 0 aliphatic heterocycles. The number of carbonyl (C=O) groups is 1. The summed E-state index contributed by atoms with van der Waals surface area (Å²) >= 11 is 7.43. The van der Waals surface area contributed by atoms with Crippen LogP contribution >= 0.6 is 22.9 Å². The highest BCUT2D eigenvalue weighted by atomic mass is 35.5. The van der Waals surface area contributed by atoms with Crippen molar-refractivity contribution in [3.8, 4) is 0 Å². The quantitative estimate of drug-likeness (QED) is 0.753. The molecule has 0 unspecified atom stereocenters. The van der Waals surface area contributed by atoms with Crippen molar-refractivity contribution < 1.29 is 9.53 Å². The Morgan fingerprint density at radius 1 is 1.45 bits per heavy atom. The van der Waals surface area contributed by atoms with Crippen LogP contribution in [-0.2, 0) is 4.74 Å². The van der Waals surface area contributed by atoms with Crippen molar-refractivity contribution in [3.63, 3.8) is 0 Å². The van der Waals surface area contributed by atoms with E-state index in [9.17, 15) is 4.79 Å². The first kappa shape index (κ1) is 16.7. The zero-order chi connectivity index (χ0) is 15.9. The van der Waals surface area contributed by atoms with Gasteiger partial charge in [-0.3, -0.25) is 4.79 Å². The van der Waals surface area contributed by atoms with Crippen LogP contribution in [0.4, 0.5) is 10.8 Å². The number of anilines is 2. The molecule has 2 N–H and O–H groups in total. The van der Waals surface area contributed by atoms with Crippen molar-refractivity contribution in [2.24, 2.45) is 0 Å². The number of hydrogen-bond donors (Lipinski definition) is 2. The minimum absolute atomic E-state index is 0.210. The van der Waals surface area contributed by atoms with E-state index in [1.54, 1.807) is 19.4 Å². The van der Waals surface area contributed by atoms with Gasteiger partial charge in [-0.2, -0.15) is 0 Å². The average molecular weight is 340 g/mol. The maximum absolute atomic E-state index is 12.3. The Balaban J connectivity index is 1.97. The SMILES string of the molecule is COCCCNc1ncc(C(=O)Nc2c(C)cccc2Cl)s1. The van der Waals surface area contributed by atoms with Gasteiger partial charge < -0.3 is 15.4 Å². The third kappa shape index (κ3) is 4.43. The molecule has 22 heavy (non-hydrogen) atoms. The summed E-state index contributed by atoms with van der Waals surface area (Å²) in [6, 6.07) is 5.50. The number of aryl methyl sites for hydroxylation is 1. The van der Waals surface area contributed by atoms with Crippen LogP contribution in [0, 0.1) is 6.92 Å². The van der Waals surface area contributed by atoms with Crippen LogP contribution in [0.25, 0.3) is 0 Å². The molecule has 0 aliphatic carbocycles. The number of methoxy groups -OCH3 is 1. The van der Waals surface area contributed by atoms with Gasteiger partial charge in [-0.15, -0.1) is 0 Å². The minimum atomic E-state index is -0.210. The number of para-hydroxylation sites is 1. The molecule has 0 saturated heterocycles. The molecule has 0 bridgehead atoms. The number of amides is 1. The van der Waals surface area contributed by atoms with Gasteiger partial charge in [0, 0.05) is 20.3 Å². The van der Waals surface area contributed by atoms with Crippen molar-refractivity contribution in [2.45, 2.75) is 13.3 Å². The van der Waals surface area contributed by atoms with E-state index in [1.165, 1.54) is 11.3 Å². The fourth-order valence-electron chi connectivity index (χ4n) is 1.84. The summed E-state index contributed by atoms with van der Waals surface area (Å²) in [6.07, 6.45) is 2.45. The van der Waals surface area contributed by atoms with E-state index in [4.69, 9.17) is 16.3 Å². The number of rotatable bonds is 7. The second-order valence-electron chi connectivity index (χ2n) is 4.69. The van der Waals surface area contributed by atoms with E-state index >= 15 is 0 Å². The Bertz CT molecular complexity index is 625. The molecular weight excluding hydrogens is 322 g/mol. The van der Waals surface area contributed by atoms with E-state index in [-0.39, 0.29) is 5.91 Å². The maximum Gasteiger partial charge on any atom is 0.267 e. The van der Waals surface area contributed by atoms with E-state index in [2.05, 4.69) is 15.6 Å². The highest BCUT2D eigenvalue weighted by Gasteiger charge is 2.13. The maximum atomic E-state index is 12.3. The van der Waals surface area contributed by atoms with Gasteiger partial charge in [0.1, 0.15) is 4.88 Å². The van der Waals surface area contributed by atoms with Crippen molar-refractivity contribution in [2.75, 3.05) is 30.9 Å². The van der Waals surface area contributed by atoms with Gasteiger partial charge in [0.15, 0.2) is 5.13 Å². The van der Waals surface area contributed by atoms with Crippen LogP contribution in [0.1, 0.15) is 21.7 Å². The van der Waals surface area contributed by atoms with Gasteiger partial charge in [0.2, 0.25) is 0 Å². The summed E-state index contributed by atoms with van der Waals surface area (Å²) in [6.45, 7) is 3.35. The summed E-state index contributed by atoms with van der Waals surface area (Å²) in [5.74, 6) is -0.210. The molecule has 0 spiro atoms. The van der Waals surface area contributed by atoms with E-state index in [0.29, 0.717) is 22.2 Å². The molecule has 5 nitrogen and oxygen atoms in total. The monoisotopic (exact) mass is 339 g/mol. The predicted octanol–water partition coefficient (Wildman–Crippen LogP) is 3.81. The number of aromatic nitrogens is 1. The highest BCUT2D eigenvalue weighted by molar-refractivity contribution is 7.17. The zero-order valence-electron chi connectivity index (χ0n) is 12.5. The molecular formula is C15H18ClN3O2S. The molecule has 1 heterocycles. The summed E-state index contributed by atoms with van der Waals surface area (Å²) < 4.78 is 4.98. The molecule has 0 radical (unpaired) electrons. The summed E-state index contributed by atoms with van der Waals surface area (Å²) in [7, 11) is 1.67. The number of hydrogen-bond acceptors (Lipinski definition) is 5. The van der Waals surface area contributed by atoms with Gasteiger partial charge in [-0.1, -0.05) is 35.1 Å². The molecule has 0 aliphatic rings.